The Morgan fingerprint density at radius 1 is 0.571 bits per heavy atom. The van der Waals surface area contributed by atoms with Gasteiger partial charge in [-0.25, -0.2) is 0 Å². The molecule has 28 heavy (non-hydrogen) atoms. The van der Waals surface area contributed by atoms with Crippen LogP contribution < -0.4 is 0 Å². The summed E-state index contributed by atoms with van der Waals surface area (Å²) < 4.78 is 0. The van der Waals surface area contributed by atoms with Gasteiger partial charge in [-0.3, -0.25) is 0 Å². The molecule has 0 heteroatoms. The largest absolute Gasteiger partial charge is 0.0951 e. The molecule has 0 atom stereocenters. The van der Waals surface area contributed by atoms with Crippen molar-refractivity contribution in [3.63, 3.8) is 0 Å². The van der Waals surface area contributed by atoms with Gasteiger partial charge < -0.3 is 0 Å². The van der Waals surface area contributed by atoms with Crippen molar-refractivity contribution in [2.75, 3.05) is 0 Å². The monoisotopic (exact) mass is 380 g/mol. The molecule has 0 aliphatic heterocycles. The predicted octanol–water partition coefficient (Wildman–Crippen LogP) is 8.32. The van der Waals surface area contributed by atoms with Gasteiger partial charge in [0.15, 0.2) is 0 Å². The van der Waals surface area contributed by atoms with Crippen LogP contribution in [0.3, 0.4) is 0 Å². The van der Waals surface area contributed by atoms with Gasteiger partial charge in [-0.15, -0.1) is 0 Å². The molecule has 0 spiro atoms. The molecule has 0 heterocycles. The highest BCUT2D eigenvalue weighted by atomic mass is 14.2. The fourth-order valence-corrected chi connectivity index (χ4v) is 5.05. The third kappa shape index (κ3) is 9.87. The molecule has 0 bridgehead atoms. The van der Waals surface area contributed by atoms with E-state index < -0.39 is 0 Å². The molecular formula is C28H44. The number of unbranched alkanes of at least 4 members (excludes halogenated alkanes) is 4. The van der Waals surface area contributed by atoms with Crippen molar-refractivity contribution in [3.8, 4) is 23.7 Å². The molecule has 0 saturated heterocycles. The van der Waals surface area contributed by atoms with Crippen molar-refractivity contribution in [1.29, 1.82) is 0 Å². The standard InChI is InChI=1S/C28H44/c1-3-5-6-7-10-14-27-21-23-28(24-22-27)16-12-9-8-11-15-26-19-17-25(13-4-2)18-20-26/h8-9,25-28H,3-7,10,13-14,17-24H2,1-2H3. The Morgan fingerprint density at radius 3 is 1.57 bits per heavy atom. The van der Waals surface area contributed by atoms with Crippen LogP contribution in [0.1, 0.15) is 117 Å². The van der Waals surface area contributed by atoms with Crippen LogP contribution >= 0.6 is 0 Å². The molecule has 0 nitrogen and oxygen atoms in total. The minimum atomic E-state index is 0.628. The first kappa shape index (κ1) is 23.1. The molecule has 2 rings (SSSR count). The SMILES string of the molecule is CCCCCCCC1CCC(C#CC=CC#CC2CCC(CCC)CC2)CC1. The molecule has 0 aromatic heterocycles. The topological polar surface area (TPSA) is 0 Å². The van der Waals surface area contributed by atoms with E-state index in [-0.39, 0.29) is 0 Å². The molecular weight excluding hydrogens is 336 g/mol. The predicted molar refractivity (Wildman–Crippen MR) is 124 cm³/mol. The van der Waals surface area contributed by atoms with Gasteiger partial charge in [-0.05, 0) is 75.4 Å². The number of hydrogen-bond acceptors (Lipinski definition) is 0. The highest BCUT2D eigenvalue weighted by Crippen LogP contribution is 2.32. The lowest BCUT2D eigenvalue weighted by molar-refractivity contribution is 0.294. The number of rotatable bonds is 8. The van der Waals surface area contributed by atoms with Gasteiger partial charge in [-0.2, -0.15) is 0 Å². The first-order valence-corrected chi connectivity index (χ1v) is 12.5. The Hall–Kier alpha value is -1.14. The molecule has 2 saturated carbocycles. The Bertz CT molecular complexity index is 530. The molecule has 2 aliphatic carbocycles. The van der Waals surface area contributed by atoms with E-state index in [1.807, 2.05) is 12.2 Å². The van der Waals surface area contributed by atoms with Crippen molar-refractivity contribution >= 4 is 0 Å². The van der Waals surface area contributed by atoms with Crippen LogP contribution in [0.4, 0.5) is 0 Å². The summed E-state index contributed by atoms with van der Waals surface area (Å²) in [5.74, 6) is 16.7. The minimum absolute atomic E-state index is 0.628. The smallest absolute Gasteiger partial charge is 0.0206 e. The summed E-state index contributed by atoms with van der Waals surface area (Å²) >= 11 is 0. The highest BCUT2D eigenvalue weighted by molar-refractivity contribution is 5.26. The van der Waals surface area contributed by atoms with Crippen LogP contribution in [0.25, 0.3) is 0 Å². The maximum atomic E-state index is 3.48. The summed E-state index contributed by atoms with van der Waals surface area (Å²) in [5, 5.41) is 0. The summed E-state index contributed by atoms with van der Waals surface area (Å²) in [6.07, 6.45) is 26.1. The van der Waals surface area contributed by atoms with E-state index in [1.165, 1.54) is 103 Å². The Morgan fingerprint density at radius 2 is 1.07 bits per heavy atom. The summed E-state index contributed by atoms with van der Waals surface area (Å²) in [4.78, 5) is 0. The maximum absolute atomic E-state index is 3.48. The minimum Gasteiger partial charge on any atom is -0.0951 e. The van der Waals surface area contributed by atoms with Crippen LogP contribution in [0.5, 0.6) is 0 Å². The highest BCUT2D eigenvalue weighted by Gasteiger charge is 2.19. The van der Waals surface area contributed by atoms with Crippen LogP contribution in [-0.4, -0.2) is 0 Å². The summed E-state index contributed by atoms with van der Waals surface area (Å²) in [6.45, 7) is 4.60. The number of allylic oxidation sites excluding steroid dienone is 2. The van der Waals surface area contributed by atoms with Gasteiger partial charge in [-0.1, -0.05) is 88.9 Å². The second kappa shape index (κ2) is 14.8. The fourth-order valence-electron chi connectivity index (χ4n) is 5.05. The third-order valence-corrected chi connectivity index (χ3v) is 6.93. The van der Waals surface area contributed by atoms with Crippen LogP contribution in [0.15, 0.2) is 12.2 Å². The average molecular weight is 381 g/mol. The zero-order valence-corrected chi connectivity index (χ0v) is 18.8. The lowest BCUT2D eigenvalue weighted by atomic mass is 9.80. The molecule has 2 fully saturated rings. The van der Waals surface area contributed by atoms with Gasteiger partial charge >= 0.3 is 0 Å². The maximum Gasteiger partial charge on any atom is 0.0206 e. The van der Waals surface area contributed by atoms with Crippen molar-refractivity contribution in [2.45, 2.75) is 117 Å². The van der Waals surface area contributed by atoms with E-state index >= 15 is 0 Å². The Labute approximate surface area is 176 Å². The van der Waals surface area contributed by atoms with Gasteiger partial charge in [0.1, 0.15) is 0 Å². The molecule has 2 aliphatic rings. The van der Waals surface area contributed by atoms with E-state index in [0.29, 0.717) is 11.8 Å². The summed E-state index contributed by atoms with van der Waals surface area (Å²) in [5.41, 5.74) is 0. The van der Waals surface area contributed by atoms with Crippen molar-refractivity contribution < 1.29 is 0 Å². The average Bonchev–Trinajstić information content (AvgIpc) is 2.73. The van der Waals surface area contributed by atoms with E-state index in [0.717, 1.165) is 11.8 Å². The molecule has 0 radical (unpaired) electrons. The second-order valence-electron chi connectivity index (χ2n) is 9.34. The zero-order chi connectivity index (χ0) is 19.9. The quantitative estimate of drug-likeness (QED) is 0.293. The van der Waals surface area contributed by atoms with Crippen LogP contribution in [-0.2, 0) is 0 Å². The third-order valence-electron chi connectivity index (χ3n) is 6.93. The van der Waals surface area contributed by atoms with Crippen molar-refractivity contribution in [1.82, 2.24) is 0 Å². The first-order valence-electron chi connectivity index (χ1n) is 12.5. The lowest BCUT2D eigenvalue weighted by Crippen LogP contribution is -2.13. The first-order chi connectivity index (χ1) is 13.8. The fraction of sp³-hybridized carbons (Fsp3) is 0.786. The van der Waals surface area contributed by atoms with Gasteiger partial charge in [0.05, 0.1) is 0 Å². The number of hydrogen-bond donors (Lipinski definition) is 0. The van der Waals surface area contributed by atoms with E-state index in [9.17, 15) is 0 Å². The van der Waals surface area contributed by atoms with E-state index in [4.69, 9.17) is 0 Å². The summed E-state index contributed by atoms with van der Waals surface area (Å²) in [6, 6.07) is 0. The molecule has 0 aromatic rings. The molecule has 0 aromatic carbocycles. The van der Waals surface area contributed by atoms with E-state index in [1.54, 1.807) is 0 Å². The Kier molecular flexibility index (Phi) is 12.2. The van der Waals surface area contributed by atoms with Crippen molar-refractivity contribution in [2.24, 2.45) is 23.7 Å². The van der Waals surface area contributed by atoms with Crippen molar-refractivity contribution in [3.05, 3.63) is 12.2 Å². The second-order valence-corrected chi connectivity index (χ2v) is 9.34. The lowest BCUT2D eigenvalue weighted by Gasteiger charge is -2.25. The zero-order valence-electron chi connectivity index (χ0n) is 18.8. The normalized spacial score (nSPS) is 27.6. The molecule has 0 unspecified atom stereocenters. The summed E-state index contributed by atoms with van der Waals surface area (Å²) in [7, 11) is 0. The van der Waals surface area contributed by atoms with Gasteiger partial charge in [0, 0.05) is 11.8 Å². The Balaban J connectivity index is 1.56. The van der Waals surface area contributed by atoms with Gasteiger partial charge in [0.25, 0.3) is 0 Å². The molecule has 0 N–H and O–H groups in total. The van der Waals surface area contributed by atoms with E-state index in [2.05, 4.69) is 37.5 Å². The van der Waals surface area contributed by atoms with Gasteiger partial charge in [0.2, 0.25) is 0 Å². The van der Waals surface area contributed by atoms with Crippen LogP contribution in [0, 0.1) is 47.4 Å². The van der Waals surface area contributed by atoms with Crippen LogP contribution in [0.2, 0.25) is 0 Å². The molecule has 156 valence electrons. The molecule has 0 amide bonds.